The van der Waals surface area contributed by atoms with E-state index in [4.69, 9.17) is 9.47 Å². The minimum Gasteiger partial charge on any atom is -0.497 e. The number of ether oxygens (including phenoxy) is 2. The number of rotatable bonds is 8. The number of carbonyl (C=O) groups is 1. The van der Waals surface area contributed by atoms with Crippen LogP contribution in [0.4, 0.5) is 0 Å². The Morgan fingerprint density at radius 2 is 1.73 bits per heavy atom. The number of amides is 1. The fourth-order valence-electron chi connectivity index (χ4n) is 2.83. The highest BCUT2D eigenvalue weighted by Gasteiger charge is 2.22. The Labute approximate surface area is 156 Å². The van der Waals surface area contributed by atoms with Gasteiger partial charge in [-0.05, 0) is 61.6 Å². The van der Waals surface area contributed by atoms with Crippen molar-refractivity contribution < 1.29 is 14.3 Å². The number of nitrogens with one attached hydrogen (secondary N) is 1. The number of aryl methyl sites for hydroxylation is 2. The van der Waals surface area contributed by atoms with Gasteiger partial charge in [0.05, 0.1) is 13.2 Å². The highest BCUT2D eigenvalue weighted by molar-refractivity contribution is 5.81. The summed E-state index contributed by atoms with van der Waals surface area (Å²) in [5.41, 5.74) is 3.21. The van der Waals surface area contributed by atoms with Crippen LogP contribution in [0.1, 0.15) is 49.4 Å². The van der Waals surface area contributed by atoms with Crippen molar-refractivity contribution in [1.82, 2.24) is 5.32 Å². The van der Waals surface area contributed by atoms with Gasteiger partial charge in [0.2, 0.25) is 0 Å². The number of benzene rings is 2. The van der Waals surface area contributed by atoms with Crippen molar-refractivity contribution in [3.05, 3.63) is 59.2 Å². The van der Waals surface area contributed by atoms with E-state index in [1.54, 1.807) is 7.11 Å². The lowest BCUT2D eigenvalue weighted by molar-refractivity contribution is -0.129. The van der Waals surface area contributed by atoms with Crippen molar-refractivity contribution in [2.45, 2.75) is 52.7 Å². The van der Waals surface area contributed by atoms with Gasteiger partial charge in [-0.25, -0.2) is 0 Å². The van der Waals surface area contributed by atoms with Gasteiger partial charge >= 0.3 is 0 Å². The van der Waals surface area contributed by atoms with Crippen molar-refractivity contribution in [2.75, 3.05) is 7.11 Å². The first-order chi connectivity index (χ1) is 12.5. The van der Waals surface area contributed by atoms with Crippen LogP contribution in [-0.2, 0) is 4.79 Å². The molecule has 0 saturated heterocycles. The third-order valence-electron chi connectivity index (χ3n) is 4.52. The maximum Gasteiger partial charge on any atom is 0.261 e. The molecule has 0 spiro atoms. The average molecular weight is 355 g/mol. The normalized spacial score (nSPS) is 13.0. The third kappa shape index (κ3) is 5.01. The Balaban J connectivity index is 2.09. The van der Waals surface area contributed by atoms with E-state index in [1.807, 2.05) is 63.2 Å². The zero-order valence-corrected chi connectivity index (χ0v) is 16.3. The zero-order chi connectivity index (χ0) is 19.1. The molecule has 26 heavy (non-hydrogen) atoms. The summed E-state index contributed by atoms with van der Waals surface area (Å²) in [7, 11) is 1.64. The molecule has 1 amide bonds. The van der Waals surface area contributed by atoms with E-state index in [2.05, 4.69) is 12.2 Å². The van der Waals surface area contributed by atoms with E-state index in [0.717, 1.165) is 34.6 Å². The summed E-state index contributed by atoms with van der Waals surface area (Å²) in [6.45, 7) is 8.03. The lowest BCUT2D eigenvalue weighted by Crippen LogP contribution is -2.40. The molecular formula is C22H29NO3. The van der Waals surface area contributed by atoms with Gasteiger partial charge in [-0.1, -0.05) is 38.1 Å². The average Bonchev–Trinajstić information content (AvgIpc) is 2.66. The van der Waals surface area contributed by atoms with Gasteiger partial charge in [0.1, 0.15) is 11.5 Å². The first-order valence-electron chi connectivity index (χ1n) is 9.16. The van der Waals surface area contributed by atoms with E-state index in [9.17, 15) is 4.79 Å². The van der Waals surface area contributed by atoms with Gasteiger partial charge in [0, 0.05) is 0 Å². The lowest BCUT2D eigenvalue weighted by atomic mass is 10.0. The molecule has 0 aliphatic carbocycles. The highest BCUT2D eigenvalue weighted by Crippen LogP contribution is 2.23. The van der Waals surface area contributed by atoms with Crippen molar-refractivity contribution in [3.8, 4) is 11.5 Å². The smallest absolute Gasteiger partial charge is 0.261 e. The Morgan fingerprint density at radius 3 is 2.31 bits per heavy atom. The number of methoxy groups -OCH3 is 1. The largest absolute Gasteiger partial charge is 0.497 e. The van der Waals surface area contributed by atoms with Crippen LogP contribution in [-0.4, -0.2) is 19.1 Å². The second-order valence-electron chi connectivity index (χ2n) is 6.53. The van der Waals surface area contributed by atoms with Gasteiger partial charge in [-0.15, -0.1) is 0 Å². The molecule has 0 aliphatic rings. The van der Waals surface area contributed by atoms with E-state index in [-0.39, 0.29) is 11.9 Å². The Hall–Kier alpha value is -2.49. The quantitative estimate of drug-likeness (QED) is 0.744. The molecule has 0 saturated carbocycles. The minimum absolute atomic E-state index is 0.0512. The molecule has 0 aliphatic heterocycles. The summed E-state index contributed by atoms with van der Waals surface area (Å²) in [6.07, 6.45) is 0.902. The molecule has 0 heterocycles. The summed E-state index contributed by atoms with van der Waals surface area (Å²) in [5, 5.41) is 3.12. The fraction of sp³-hybridized carbons (Fsp3) is 0.409. The van der Waals surface area contributed by atoms with E-state index in [1.165, 1.54) is 0 Å². The molecule has 2 aromatic rings. The van der Waals surface area contributed by atoms with Gasteiger partial charge < -0.3 is 14.8 Å². The lowest BCUT2D eigenvalue weighted by Gasteiger charge is -2.23. The van der Waals surface area contributed by atoms with Crippen molar-refractivity contribution in [1.29, 1.82) is 0 Å². The maximum absolute atomic E-state index is 12.8. The predicted octanol–water partition coefficient (Wildman–Crippen LogP) is 4.74. The van der Waals surface area contributed by atoms with Crippen LogP contribution in [0.15, 0.2) is 42.5 Å². The first kappa shape index (κ1) is 19.8. The molecule has 0 radical (unpaired) electrons. The van der Waals surface area contributed by atoms with E-state index < -0.39 is 6.10 Å². The molecular weight excluding hydrogens is 326 g/mol. The molecule has 2 aromatic carbocycles. The monoisotopic (exact) mass is 355 g/mol. The SMILES string of the molecule is CC[C@H](Oc1cc(C)ccc1C)C(=O)N[C@H](CC)c1ccc(OC)cc1. The second kappa shape index (κ2) is 9.27. The van der Waals surface area contributed by atoms with Gasteiger partial charge in [0.15, 0.2) is 6.10 Å². The molecule has 2 rings (SSSR count). The van der Waals surface area contributed by atoms with E-state index in [0.29, 0.717) is 6.42 Å². The number of carbonyl (C=O) groups excluding carboxylic acids is 1. The first-order valence-corrected chi connectivity index (χ1v) is 9.16. The summed E-state index contributed by atoms with van der Waals surface area (Å²) in [4.78, 5) is 12.8. The predicted molar refractivity (Wildman–Crippen MR) is 105 cm³/mol. The summed E-state index contributed by atoms with van der Waals surface area (Å²) < 4.78 is 11.2. The Morgan fingerprint density at radius 1 is 1.04 bits per heavy atom. The molecule has 1 N–H and O–H groups in total. The van der Waals surface area contributed by atoms with Crippen LogP contribution >= 0.6 is 0 Å². The summed E-state index contributed by atoms with van der Waals surface area (Å²) in [6, 6.07) is 13.8. The minimum atomic E-state index is -0.511. The van der Waals surface area contributed by atoms with E-state index >= 15 is 0 Å². The molecule has 0 unspecified atom stereocenters. The molecule has 0 aromatic heterocycles. The standard InChI is InChI=1S/C22H29NO3/c1-6-19(17-10-12-18(25-5)13-11-17)23-22(24)20(7-2)26-21-14-15(3)8-9-16(21)4/h8-14,19-20H,6-7H2,1-5H3,(H,23,24)/t19-,20+/m1/s1. The molecule has 140 valence electrons. The van der Waals surface area contributed by atoms with Crippen LogP contribution in [0.25, 0.3) is 0 Å². The topological polar surface area (TPSA) is 47.6 Å². The van der Waals surface area contributed by atoms with Crippen LogP contribution in [0.2, 0.25) is 0 Å². The second-order valence-corrected chi connectivity index (χ2v) is 6.53. The van der Waals surface area contributed by atoms with Crippen LogP contribution in [0, 0.1) is 13.8 Å². The summed E-state index contributed by atoms with van der Waals surface area (Å²) in [5.74, 6) is 1.49. The van der Waals surface area contributed by atoms with Crippen LogP contribution in [0.3, 0.4) is 0 Å². The molecule has 4 nitrogen and oxygen atoms in total. The van der Waals surface area contributed by atoms with Crippen LogP contribution in [0.5, 0.6) is 11.5 Å². The van der Waals surface area contributed by atoms with Gasteiger partial charge in [-0.3, -0.25) is 4.79 Å². The van der Waals surface area contributed by atoms with Gasteiger partial charge in [0.25, 0.3) is 5.91 Å². The van der Waals surface area contributed by atoms with Crippen molar-refractivity contribution in [2.24, 2.45) is 0 Å². The zero-order valence-electron chi connectivity index (χ0n) is 16.3. The highest BCUT2D eigenvalue weighted by atomic mass is 16.5. The molecule has 2 atom stereocenters. The fourth-order valence-corrected chi connectivity index (χ4v) is 2.83. The van der Waals surface area contributed by atoms with Crippen LogP contribution < -0.4 is 14.8 Å². The summed E-state index contributed by atoms with van der Waals surface area (Å²) >= 11 is 0. The number of hydrogen-bond acceptors (Lipinski definition) is 3. The van der Waals surface area contributed by atoms with Gasteiger partial charge in [-0.2, -0.15) is 0 Å². The molecule has 0 bridgehead atoms. The Bertz CT molecular complexity index is 725. The Kier molecular flexibility index (Phi) is 7.07. The van der Waals surface area contributed by atoms with Crippen molar-refractivity contribution in [3.63, 3.8) is 0 Å². The molecule has 4 heteroatoms. The molecule has 0 fully saturated rings. The third-order valence-corrected chi connectivity index (χ3v) is 4.52. The van der Waals surface area contributed by atoms with Crippen molar-refractivity contribution >= 4 is 5.91 Å². The maximum atomic E-state index is 12.8. The number of hydrogen-bond donors (Lipinski definition) is 1.